The fourth-order valence-electron chi connectivity index (χ4n) is 2.03. The first-order valence-corrected chi connectivity index (χ1v) is 7.16. The van der Waals surface area contributed by atoms with Gasteiger partial charge in [0.25, 0.3) is 0 Å². The van der Waals surface area contributed by atoms with Gasteiger partial charge in [-0.05, 0) is 59.6 Å². The van der Waals surface area contributed by atoms with Crippen molar-refractivity contribution in [3.8, 4) is 0 Å². The maximum atomic E-state index is 11.9. The fourth-order valence-corrected chi connectivity index (χ4v) is 2.03. The first kappa shape index (κ1) is 14.8. The molecule has 1 heterocycles. The van der Waals surface area contributed by atoms with Crippen LogP contribution in [-0.4, -0.2) is 16.7 Å². The van der Waals surface area contributed by atoms with E-state index in [1.807, 2.05) is 46.8 Å². The molecule has 4 nitrogen and oxygen atoms in total. The predicted molar refractivity (Wildman–Crippen MR) is 78.6 cm³/mol. The minimum Gasteiger partial charge on any atom is -0.444 e. The van der Waals surface area contributed by atoms with Gasteiger partial charge in [-0.2, -0.15) is 0 Å². The number of nitrogens with zero attached hydrogens (tertiary/aromatic N) is 1. The zero-order valence-electron chi connectivity index (χ0n) is 13.0. The molecular formula is C16H24N2O2. The quantitative estimate of drug-likeness (QED) is 0.915. The number of alkyl carbamates (subject to hydrolysis) is 1. The molecule has 4 heteroatoms. The average molecular weight is 276 g/mol. The minimum absolute atomic E-state index is 0.416. The summed E-state index contributed by atoms with van der Waals surface area (Å²) in [7, 11) is 0. The van der Waals surface area contributed by atoms with E-state index in [4.69, 9.17) is 4.74 Å². The molecule has 1 aliphatic carbocycles. The molecule has 1 aromatic rings. The Balaban J connectivity index is 2.09. The second kappa shape index (κ2) is 5.08. The Morgan fingerprint density at radius 3 is 2.45 bits per heavy atom. The molecular weight excluding hydrogens is 252 g/mol. The number of rotatable bonds is 3. The molecule has 0 saturated heterocycles. The van der Waals surface area contributed by atoms with Crippen LogP contribution in [0.3, 0.4) is 0 Å². The van der Waals surface area contributed by atoms with Gasteiger partial charge in [0, 0.05) is 11.6 Å². The highest BCUT2D eigenvalue weighted by Gasteiger charge is 2.30. The zero-order valence-corrected chi connectivity index (χ0v) is 13.0. The average Bonchev–Trinajstić information content (AvgIpc) is 3.09. The summed E-state index contributed by atoms with van der Waals surface area (Å²) in [4.78, 5) is 16.6. The van der Waals surface area contributed by atoms with Crippen LogP contribution in [0.15, 0.2) is 18.2 Å². The molecule has 1 aromatic heterocycles. The van der Waals surface area contributed by atoms with E-state index in [2.05, 4.69) is 16.4 Å². The SMILES string of the molecule is CC(C)(C)OC(=O)NC(C)(C)c1cccc(C2CC2)n1. The Bertz CT molecular complexity index is 499. The van der Waals surface area contributed by atoms with Crippen molar-refractivity contribution in [1.29, 1.82) is 0 Å². The summed E-state index contributed by atoms with van der Waals surface area (Å²) in [6, 6.07) is 6.02. The minimum atomic E-state index is -0.548. The summed E-state index contributed by atoms with van der Waals surface area (Å²) in [5.74, 6) is 0.604. The molecule has 20 heavy (non-hydrogen) atoms. The topological polar surface area (TPSA) is 51.2 Å². The second-order valence-corrected chi connectivity index (χ2v) is 6.97. The summed E-state index contributed by atoms with van der Waals surface area (Å²) in [6.45, 7) is 9.44. The summed E-state index contributed by atoms with van der Waals surface area (Å²) < 4.78 is 5.31. The molecule has 1 fully saturated rings. The van der Waals surface area contributed by atoms with Gasteiger partial charge in [-0.1, -0.05) is 6.07 Å². The van der Waals surface area contributed by atoms with Crippen molar-refractivity contribution >= 4 is 6.09 Å². The highest BCUT2D eigenvalue weighted by molar-refractivity contribution is 5.68. The Hall–Kier alpha value is -1.58. The standard InChI is InChI=1S/C16H24N2O2/c1-15(2,3)20-14(19)18-16(4,5)13-8-6-7-12(17-13)11-9-10-11/h6-8,11H,9-10H2,1-5H3,(H,18,19). The van der Waals surface area contributed by atoms with Crippen molar-refractivity contribution in [1.82, 2.24) is 10.3 Å². The van der Waals surface area contributed by atoms with Gasteiger partial charge in [0.1, 0.15) is 5.60 Å². The number of ether oxygens (including phenoxy) is 1. The molecule has 1 N–H and O–H groups in total. The van der Waals surface area contributed by atoms with E-state index >= 15 is 0 Å². The Morgan fingerprint density at radius 2 is 1.90 bits per heavy atom. The van der Waals surface area contributed by atoms with Crippen LogP contribution in [0.5, 0.6) is 0 Å². The molecule has 2 rings (SSSR count). The van der Waals surface area contributed by atoms with Gasteiger partial charge in [0.2, 0.25) is 0 Å². The van der Waals surface area contributed by atoms with Crippen molar-refractivity contribution in [2.75, 3.05) is 0 Å². The van der Waals surface area contributed by atoms with Crippen LogP contribution in [0.25, 0.3) is 0 Å². The molecule has 0 atom stereocenters. The normalized spacial score (nSPS) is 15.8. The zero-order chi connectivity index (χ0) is 15.0. The van der Waals surface area contributed by atoms with Crippen LogP contribution in [0.1, 0.15) is 64.8 Å². The number of carbonyl (C=O) groups excluding carboxylic acids is 1. The van der Waals surface area contributed by atoms with E-state index in [-0.39, 0.29) is 0 Å². The predicted octanol–water partition coefficient (Wildman–Crippen LogP) is 3.72. The van der Waals surface area contributed by atoms with Gasteiger partial charge in [-0.15, -0.1) is 0 Å². The van der Waals surface area contributed by atoms with Crippen molar-refractivity contribution in [3.63, 3.8) is 0 Å². The smallest absolute Gasteiger partial charge is 0.408 e. The van der Waals surface area contributed by atoms with Gasteiger partial charge >= 0.3 is 6.09 Å². The van der Waals surface area contributed by atoms with E-state index in [1.54, 1.807) is 0 Å². The van der Waals surface area contributed by atoms with Gasteiger partial charge in [0.05, 0.1) is 11.2 Å². The molecule has 0 bridgehead atoms. The van der Waals surface area contributed by atoms with E-state index < -0.39 is 17.2 Å². The van der Waals surface area contributed by atoms with Crippen molar-refractivity contribution in [2.24, 2.45) is 0 Å². The summed E-state index contributed by atoms with van der Waals surface area (Å²) in [6.07, 6.45) is 2.02. The van der Waals surface area contributed by atoms with E-state index in [0.29, 0.717) is 5.92 Å². The number of aromatic nitrogens is 1. The summed E-state index contributed by atoms with van der Waals surface area (Å²) in [5.41, 5.74) is 0.950. The van der Waals surface area contributed by atoms with E-state index in [9.17, 15) is 4.79 Å². The third-order valence-electron chi connectivity index (χ3n) is 3.22. The highest BCUT2D eigenvalue weighted by Crippen LogP contribution is 2.39. The first-order valence-electron chi connectivity index (χ1n) is 7.16. The molecule has 0 unspecified atom stereocenters. The lowest BCUT2D eigenvalue weighted by molar-refractivity contribution is 0.0468. The lowest BCUT2D eigenvalue weighted by atomic mass is 9.99. The number of hydrogen-bond donors (Lipinski definition) is 1. The van der Waals surface area contributed by atoms with Gasteiger partial charge in [-0.25, -0.2) is 4.79 Å². The van der Waals surface area contributed by atoms with Crippen LogP contribution in [0.4, 0.5) is 4.79 Å². The molecule has 110 valence electrons. The van der Waals surface area contributed by atoms with E-state index in [0.717, 1.165) is 11.4 Å². The van der Waals surface area contributed by atoms with Crippen LogP contribution in [0.2, 0.25) is 0 Å². The molecule has 0 spiro atoms. The lowest BCUT2D eigenvalue weighted by Gasteiger charge is -2.28. The lowest BCUT2D eigenvalue weighted by Crippen LogP contribution is -2.44. The molecule has 1 amide bonds. The summed E-state index contributed by atoms with van der Waals surface area (Å²) >= 11 is 0. The second-order valence-electron chi connectivity index (χ2n) is 6.97. The van der Waals surface area contributed by atoms with Crippen LogP contribution in [0, 0.1) is 0 Å². The van der Waals surface area contributed by atoms with Gasteiger partial charge in [-0.3, -0.25) is 4.98 Å². The third-order valence-corrected chi connectivity index (χ3v) is 3.22. The van der Waals surface area contributed by atoms with Crippen molar-refractivity contribution < 1.29 is 9.53 Å². The number of hydrogen-bond acceptors (Lipinski definition) is 3. The van der Waals surface area contributed by atoms with Crippen LogP contribution < -0.4 is 5.32 Å². The fraction of sp³-hybridized carbons (Fsp3) is 0.625. The van der Waals surface area contributed by atoms with Gasteiger partial charge in [0.15, 0.2) is 0 Å². The monoisotopic (exact) mass is 276 g/mol. The summed E-state index contributed by atoms with van der Waals surface area (Å²) in [5, 5.41) is 2.89. The Kier molecular flexibility index (Phi) is 3.76. The van der Waals surface area contributed by atoms with Gasteiger partial charge < -0.3 is 10.1 Å². The van der Waals surface area contributed by atoms with E-state index in [1.165, 1.54) is 12.8 Å². The third kappa shape index (κ3) is 3.95. The number of nitrogens with one attached hydrogen (secondary N) is 1. The molecule has 1 aliphatic rings. The largest absolute Gasteiger partial charge is 0.444 e. The van der Waals surface area contributed by atoms with Crippen molar-refractivity contribution in [3.05, 3.63) is 29.6 Å². The highest BCUT2D eigenvalue weighted by atomic mass is 16.6. The molecule has 0 radical (unpaired) electrons. The number of pyridine rings is 1. The van der Waals surface area contributed by atoms with Crippen LogP contribution >= 0.6 is 0 Å². The number of amides is 1. The molecule has 1 saturated carbocycles. The Labute approximate surface area is 120 Å². The maximum Gasteiger partial charge on any atom is 0.408 e. The molecule has 0 aliphatic heterocycles. The maximum absolute atomic E-state index is 11.9. The molecule has 0 aromatic carbocycles. The van der Waals surface area contributed by atoms with Crippen LogP contribution in [-0.2, 0) is 10.3 Å². The number of carbonyl (C=O) groups is 1. The Morgan fingerprint density at radius 1 is 1.25 bits per heavy atom. The van der Waals surface area contributed by atoms with Crippen molar-refractivity contribution in [2.45, 2.75) is 64.5 Å². The first-order chi connectivity index (χ1) is 9.17.